The second kappa shape index (κ2) is 6.86. The highest BCUT2D eigenvalue weighted by Crippen LogP contribution is 2.13. The van der Waals surface area contributed by atoms with Gasteiger partial charge in [-0.05, 0) is 31.6 Å². The maximum absolute atomic E-state index is 12.5. The minimum absolute atomic E-state index is 0.0397. The Balaban J connectivity index is 2.11. The highest BCUT2D eigenvalue weighted by molar-refractivity contribution is 5.95. The Kier molecular flexibility index (Phi) is 4.90. The molecule has 0 unspecified atom stereocenters. The van der Waals surface area contributed by atoms with E-state index in [1.54, 1.807) is 17.3 Å². The molecule has 5 nitrogen and oxygen atoms in total. The van der Waals surface area contributed by atoms with Gasteiger partial charge in [-0.1, -0.05) is 18.2 Å². The number of amides is 1. The van der Waals surface area contributed by atoms with Gasteiger partial charge in [-0.3, -0.25) is 9.89 Å². The molecule has 1 aromatic carbocycles. The lowest BCUT2D eigenvalue weighted by atomic mass is 10.0. The van der Waals surface area contributed by atoms with Crippen LogP contribution in [0.3, 0.4) is 0 Å². The molecule has 0 aliphatic carbocycles. The van der Waals surface area contributed by atoms with Gasteiger partial charge in [0.1, 0.15) is 0 Å². The number of aromatic nitrogens is 2. The molecule has 0 fully saturated rings. The van der Waals surface area contributed by atoms with Gasteiger partial charge in [0.05, 0.1) is 6.20 Å². The molecule has 106 valence electrons. The molecule has 2 N–H and O–H groups in total. The molecule has 20 heavy (non-hydrogen) atoms. The Hall–Kier alpha value is -2.14. The molecule has 1 heterocycles. The van der Waals surface area contributed by atoms with E-state index in [1.165, 1.54) is 0 Å². The predicted molar refractivity (Wildman–Crippen MR) is 78.5 cm³/mol. The lowest BCUT2D eigenvalue weighted by molar-refractivity contribution is 0.0784. The lowest BCUT2D eigenvalue weighted by Crippen LogP contribution is -2.27. The molecule has 1 amide bonds. The summed E-state index contributed by atoms with van der Waals surface area (Å²) in [4.78, 5) is 14.2. The number of aromatic amines is 1. The summed E-state index contributed by atoms with van der Waals surface area (Å²) in [7, 11) is 3.72. The lowest BCUT2D eigenvalue weighted by Gasteiger charge is -2.18. The number of hydrogen-bond acceptors (Lipinski definition) is 3. The standard InChI is InChI=1S/C15H20N4O/c1-16-8-7-13-5-3-4-6-14(13)15(20)19(2)11-12-9-17-18-10-12/h3-6,9-10,16H,7-8,11H2,1-2H3,(H,17,18). The first-order valence-electron chi connectivity index (χ1n) is 6.68. The van der Waals surface area contributed by atoms with E-state index in [9.17, 15) is 4.79 Å². The van der Waals surface area contributed by atoms with E-state index in [0.29, 0.717) is 6.54 Å². The number of carbonyl (C=O) groups is 1. The summed E-state index contributed by atoms with van der Waals surface area (Å²) in [6.07, 6.45) is 4.38. The topological polar surface area (TPSA) is 61.0 Å². The molecule has 2 aromatic rings. The zero-order valence-corrected chi connectivity index (χ0v) is 11.9. The first kappa shape index (κ1) is 14.3. The fourth-order valence-corrected chi connectivity index (χ4v) is 2.12. The van der Waals surface area contributed by atoms with E-state index in [-0.39, 0.29) is 5.91 Å². The van der Waals surface area contributed by atoms with Gasteiger partial charge in [0.25, 0.3) is 5.91 Å². The summed E-state index contributed by atoms with van der Waals surface area (Å²) in [5, 5.41) is 9.76. The zero-order valence-electron chi connectivity index (χ0n) is 11.9. The molecule has 0 radical (unpaired) electrons. The predicted octanol–water partition coefficient (Wildman–Crippen LogP) is 1.44. The van der Waals surface area contributed by atoms with E-state index >= 15 is 0 Å². The van der Waals surface area contributed by atoms with Crippen LogP contribution in [0.4, 0.5) is 0 Å². The summed E-state index contributed by atoms with van der Waals surface area (Å²) in [5.41, 5.74) is 2.84. The van der Waals surface area contributed by atoms with Gasteiger partial charge < -0.3 is 10.2 Å². The van der Waals surface area contributed by atoms with Crippen LogP contribution in [0.25, 0.3) is 0 Å². The molecule has 0 saturated carbocycles. The minimum atomic E-state index is 0.0397. The number of nitrogens with one attached hydrogen (secondary N) is 2. The third kappa shape index (κ3) is 3.45. The number of likely N-dealkylation sites (N-methyl/N-ethyl adjacent to an activating group) is 1. The van der Waals surface area contributed by atoms with Gasteiger partial charge in [-0.15, -0.1) is 0 Å². The fourth-order valence-electron chi connectivity index (χ4n) is 2.12. The van der Waals surface area contributed by atoms with E-state index < -0.39 is 0 Å². The van der Waals surface area contributed by atoms with Gasteiger partial charge in [-0.2, -0.15) is 5.10 Å². The molecule has 1 aromatic heterocycles. The zero-order chi connectivity index (χ0) is 14.4. The molecule has 0 spiro atoms. The number of benzene rings is 1. The second-order valence-corrected chi connectivity index (χ2v) is 4.78. The van der Waals surface area contributed by atoms with E-state index in [1.807, 2.05) is 38.4 Å². The largest absolute Gasteiger partial charge is 0.337 e. The van der Waals surface area contributed by atoms with Crippen molar-refractivity contribution in [1.29, 1.82) is 0 Å². The first-order chi connectivity index (χ1) is 9.72. The van der Waals surface area contributed by atoms with Gasteiger partial charge >= 0.3 is 0 Å². The monoisotopic (exact) mass is 272 g/mol. The molecule has 0 bridgehead atoms. The van der Waals surface area contributed by atoms with Gasteiger partial charge in [0, 0.05) is 30.9 Å². The number of hydrogen-bond donors (Lipinski definition) is 2. The summed E-state index contributed by atoms with van der Waals surface area (Å²) in [6.45, 7) is 1.41. The summed E-state index contributed by atoms with van der Waals surface area (Å²) in [5.74, 6) is 0.0397. The van der Waals surface area contributed by atoms with Crippen LogP contribution in [-0.4, -0.2) is 41.6 Å². The Morgan fingerprint density at radius 3 is 2.90 bits per heavy atom. The van der Waals surface area contributed by atoms with Crippen LogP contribution in [0.15, 0.2) is 36.7 Å². The highest BCUT2D eigenvalue weighted by Gasteiger charge is 2.15. The van der Waals surface area contributed by atoms with Crippen molar-refractivity contribution in [2.45, 2.75) is 13.0 Å². The number of rotatable bonds is 6. The van der Waals surface area contributed by atoms with Crippen molar-refractivity contribution in [1.82, 2.24) is 20.4 Å². The van der Waals surface area contributed by atoms with Crippen LogP contribution in [0.2, 0.25) is 0 Å². The van der Waals surface area contributed by atoms with Crippen molar-refractivity contribution in [3.05, 3.63) is 53.3 Å². The minimum Gasteiger partial charge on any atom is -0.337 e. The van der Waals surface area contributed by atoms with E-state index in [4.69, 9.17) is 0 Å². The smallest absolute Gasteiger partial charge is 0.254 e. The normalized spacial score (nSPS) is 10.5. The number of carbonyl (C=O) groups excluding carboxylic acids is 1. The molecule has 0 aliphatic heterocycles. The maximum atomic E-state index is 12.5. The van der Waals surface area contributed by atoms with Crippen LogP contribution >= 0.6 is 0 Å². The van der Waals surface area contributed by atoms with Crippen LogP contribution < -0.4 is 5.32 Å². The van der Waals surface area contributed by atoms with Gasteiger partial charge in [-0.25, -0.2) is 0 Å². The Morgan fingerprint density at radius 1 is 1.40 bits per heavy atom. The second-order valence-electron chi connectivity index (χ2n) is 4.78. The Labute approximate surface area is 119 Å². The number of H-pyrrole nitrogens is 1. The molecule has 0 saturated heterocycles. The average molecular weight is 272 g/mol. The molecular weight excluding hydrogens is 252 g/mol. The van der Waals surface area contributed by atoms with Gasteiger partial charge in [0.2, 0.25) is 0 Å². The molecule has 0 aliphatic rings. The number of nitrogens with zero attached hydrogens (tertiary/aromatic N) is 2. The van der Waals surface area contributed by atoms with Crippen molar-refractivity contribution < 1.29 is 4.79 Å². The first-order valence-corrected chi connectivity index (χ1v) is 6.68. The molecule has 2 rings (SSSR count). The van der Waals surface area contributed by atoms with Crippen LogP contribution in [0.5, 0.6) is 0 Å². The molecule has 0 atom stereocenters. The average Bonchev–Trinajstić information content (AvgIpc) is 2.97. The van der Waals surface area contributed by atoms with Crippen LogP contribution in [0.1, 0.15) is 21.5 Å². The van der Waals surface area contributed by atoms with Crippen LogP contribution in [0, 0.1) is 0 Å². The maximum Gasteiger partial charge on any atom is 0.254 e. The van der Waals surface area contributed by atoms with Gasteiger partial charge in [0.15, 0.2) is 0 Å². The summed E-state index contributed by atoms with van der Waals surface area (Å²) >= 11 is 0. The molecular formula is C15H20N4O. The third-order valence-electron chi connectivity index (χ3n) is 3.21. The SMILES string of the molecule is CNCCc1ccccc1C(=O)N(C)Cc1cn[nH]c1. The Morgan fingerprint density at radius 2 is 2.20 bits per heavy atom. The quantitative estimate of drug-likeness (QED) is 0.836. The van der Waals surface area contributed by atoms with E-state index in [2.05, 4.69) is 15.5 Å². The highest BCUT2D eigenvalue weighted by atomic mass is 16.2. The summed E-state index contributed by atoms with van der Waals surface area (Å²) in [6, 6.07) is 7.77. The third-order valence-corrected chi connectivity index (χ3v) is 3.21. The molecule has 5 heteroatoms. The van der Waals surface area contributed by atoms with Crippen molar-refractivity contribution in [2.24, 2.45) is 0 Å². The van der Waals surface area contributed by atoms with Crippen molar-refractivity contribution in [3.8, 4) is 0 Å². The van der Waals surface area contributed by atoms with Crippen molar-refractivity contribution in [2.75, 3.05) is 20.6 Å². The van der Waals surface area contributed by atoms with Crippen LogP contribution in [-0.2, 0) is 13.0 Å². The fraction of sp³-hybridized carbons (Fsp3) is 0.333. The van der Waals surface area contributed by atoms with E-state index in [0.717, 1.165) is 29.7 Å². The summed E-state index contributed by atoms with van der Waals surface area (Å²) < 4.78 is 0. The Bertz CT molecular complexity index is 551. The van der Waals surface area contributed by atoms with Crippen molar-refractivity contribution in [3.63, 3.8) is 0 Å². The van der Waals surface area contributed by atoms with Crippen molar-refractivity contribution >= 4 is 5.91 Å².